The van der Waals surface area contributed by atoms with Crippen LogP contribution in [0.4, 0.5) is 18.9 Å². The van der Waals surface area contributed by atoms with Crippen LogP contribution in [0.1, 0.15) is 29.2 Å². The molecule has 0 spiro atoms. The van der Waals surface area contributed by atoms with Crippen LogP contribution in [0.25, 0.3) is 5.78 Å². The van der Waals surface area contributed by atoms with Crippen molar-refractivity contribution in [2.45, 2.75) is 39.0 Å². The molecular formula is C22H23F3N6O3. The zero-order chi connectivity index (χ0) is 24.8. The van der Waals surface area contributed by atoms with E-state index in [-0.39, 0.29) is 37.0 Å². The molecule has 0 N–H and O–H groups in total. The molecule has 0 unspecified atom stereocenters. The minimum Gasteiger partial charge on any atom is -0.476 e. The second kappa shape index (κ2) is 8.58. The fraction of sp³-hybridized carbons (Fsp3) is 0.409. The number of likely N-dealkylation sites (N-methyl/N-ethyl adjacent to an activating group) is 1. The van der Waals surface area contributed by atoms with Gasteiger partial charge in [-0.15, -0.1) is 5.10 Å². The number of hydrogen-bond acceptors (Lipinski definition) is 6. The highest BCUT2D eigenvalue weighted by molar-refractivity contribution is 5.97. The molecule has 1 atom stereocenters. The predicted octanol–water partition coefficient (Wildman–Crippen LogP) is 2.57. The number of carbonyl (C=O) groups is 2. The fourth-order valence-corrected chi connectivity index (χ4v) is 3.94. The summed E-state index contributed by atoms with van der Waals surface area (Å²) in [5.74, 6) is -1.50. The van der Waals surface area contributed by atoms with Crippen LogP contribution < -0.4 is 9.64 Å². The van der Waals surface area contributed by atoms with Gasteiger partial charge in [-0.1, -0.05) is 12.1 Å². The van der Waals surface area contributed by atoms with E-state index in [1.54, 1.807) is 52.2 Å². The van der Waals surface area contributed by atoms with E-state index in [1.165, 1.54) is 9.80 Å². The lowest BCUT2D eigenvalue weighted by Gasteiger charge is -2.35. The largest absolute Gasteiger partial charge is 0.476 e. The van der Waals surface area contributed by atoms with Crippen LogP contribution in [0.3, 0.4) is 0 Å². The van der Waals surface area contributed by atoms with E-state index in [9.17, 15) is 22.8 Å². The van der Waals surface area contributed by atoms with E-state index in [0.717, 1.165) is 4.52 Å². The fourth-order valence-electron chi connectivity index (χ4n) is 3.94. The first-order valence-electron chi connectivity index (χ1n) is 10.5. The number of nitrogens with zero attached hydrogens (tertiary/aromatic N) is 6. The number of benzene rings is 1. The van der Waals surface area contributed by atoms with E-state index in [4.69, 9.17) is 4.74 Å². The predicted molar refractivity (Wildman–Crippen MR) is 115 cm³/mol. The summed E-state index contributed by atoms with van der Waals surface area (Å²) >= 11 is 0. The second-order valence-electron chi connectivity index (χ2n) is 8.22. The van der Waals surface area contributed by atoms with Gasteiger partial charge in [-0.05, 0) is 38.0 Å². The molecule has 3 heterocycles. The number of ether oxygens (including phenoxy) is 1. The molecule has 3 aromatic rings. The Labute approximate surface area is 193 Å². The standard InChI is InChI=1S/C22H23F3N6O3/c1-12-14(13(2)31-21(26-12)27-20(28-31)22(23,24)25)9-10-18(32)30-11-17(19(33)29(3)4)34-16-8-6-5-7-15(16)30/h5-8,17H,9-11H2,1-4H3/t17-/m0/s1. The van der Waals surface area contributed by atoms with Crippen molar-refractivity contribution in [2.75, 3.05) is 25.5 Å². The van der Waals surface area contributed by atoms with Crippen molar-refractivity contribution >= 4 is 23.3 Å². The number of amides is 2. The number of alkyl halides is 3. The third kappa shape index (κ3) is 4.27. The summed E-state index contributed by atoms with van der Waals surface area (Å²) in [5.41, 5.74) is 2.08. The van der Waals surface area contributed by atoms with Gasteiger partial charge in [0.15, 0.2) is 6.10 Å². The summed E-state index contributed by atoms with van der Waals surface area (Å²) in [6, 6.07) is 6.96. The van der Waals surface area contributed by atoms with E-state index >= 15 is 0 Å². The number of anilines is 1. The Morgan fingerprint density at radius 2 is 1.88 bits per heavy atom. The smallest absolute Gasteiger partial charge is 0.453 e. The third-order valence-electron chi connectivity index (χ3n) is 5.68. The summed E-state index contributed by atoms with van der Waals surface area (Å²) in [6.07, 6.45) is -5.25. The summed E-state index contributed by atoms with van der Waals surface area (Å²) in [5, 5.41) is 3.54. The van der Waals surface area contributed by atoms with Crippen molar-refractivity contribution in [1.82, 2.24) is 24.5 Å². The Kier molecular flexibility index (Phi) is 5.92. The number of hydrogen-bond donors (Lipinski definition) is 0. The van der Waals surface area contributed by atoms with Crippen molar-refractivity contribution in [2.24, 2.45) is 0 Å². The summed E-state index contributed by atoms with van der Waals surface area (Å²) < 4.78 is 45.9. The Bertz CT molecular complexity index is 1270. The van der Waals surface area contributed by atoms with Crippen LogP contribution in [0.2, 0.25) is 0 Å². The monoisotopic (exact) mass is 476 g/mol. The Balaban J connectivity index is 1.59. The van der Waals surface area contributed by atoms with Gasteiger partial charge in [0, 0.05) is 31.9 Å². The summed E-state index contributed by atoms with van der Waals surface area (Å²) in [6.45, 7) is 3.33. The van der Waals surface area contributed by atoms with Gasteiger partial charge in [0.05, 0.1) is 12.2 Å². The zero-order valence-electron chi connectivity index (χ0n) is 19.0. The van der Waals surface area contributed by atoms with Gasteiger partial charge in [-0.2, -0.15) is 18.2 Å². The highest BCUT2D eigenvalue weighted by Gasteiger charge is 2.37. The number of carbonyl (C=O) groups excluding carboxylic acids is 2. The molecule has 0 saturated heterocycles. The van der Waals surface area contributed by atoms with E-state index in [1.807, 2.05) is 0 Å². The van der Waals surface area contributed by atoms with Crippen LogP contribution in [-0.2, 0) is 22.2 Å². The Hall–Kier alpha value is -3.70. The van der Waals surface area contributed by atoms with Gasteiger partial charge in [0.25, 0.3) is 17.5 Å². The molecule has 1 aromatic carbocycles. The zero-order valence-corrected chi connectivity index (χ0v) is 19.0. The lowest BCUT2D eigenvalue weighted by molar-refractivity contribution is -0.144. The first-order valence-corrected chi connectivity index (χ1v) is 10.5. The second-order valence-corrected chi connectivity index (χ2v) is 8.22. The number of aromatic nitrogens is 4. The normalized spacial score (nSPS) is 15.7. The summed E-state index contributed by atoms with van der Waals surface area (Å²) in [4.78, 5) is 36.3. The van der Waals surface area contributed by atoms with E-state index in [2.05, 4.69) is 15.1 Å². The molecule has 0 bridgehead atoms. The lowest BCUT2D eigenvalue weighted by atomic mass is 10.1. The molecule has 12 heteroatoms. The van der Waals surface area contributed by atoms with Gasteiger partial charge in [0.2, 0.25) is 5.91 Å². The average Bonchev–Trinajstić information content (AvgIpc) is 3.22. The molecule has 1 aliphatic heterocycles. The molecule has 9 nitrogen and oxygen atoms in total. The van der Waals surface area contributed by atoms with Gasteiger partial charge in [-0.3, -0.25) is 9.59 Å². The highest BCUT2D eigenvalue weighted by Crippen LogP contribution is 2.34. The molecule has 34 heavy (non-hydrogen) atoms. The molecule has 4 rings (SSSR count). The molecule has 0 fully saturated rings. The lowest BCUT2D eigenvalue weighted by Crippen LogP contribution is -2.50. The maximum absolute atomic E-state index is 13.2. The van der Waals surface area contributed by atoms with Crippen LogP contribution in [-0.4, -0.2) is 63.0 Å². The van der Waals surface area contributed by atoms with Gasteiger partial charge < -0.3 is 14.5 Å². The third-order valence-corrected chi connectivity index (χ3v) is 5.68. The maximum Gasteiger partial charge on any atom is 0.453 e. The quantitative estimate of drug-likeness (QED) is 0.575. The number of fused-ring (bicyclic) bond motifs is 2. The number of rotatable bonds is 4. The molecular weight excluding hydrogens is 453 g/mol. The van der Waals surface area contributed by atoms with Crippen molar-refractivity contribution in [3.8, 4) is 5.75 Å². The first kappa shape index (κ1) is 23.5. The minimum atomic E-state index is -4.69. The molecule has 2 aromatic heterocycles. The molecule has 2 amide bonds. The average molecular weight is 476 g/mol. The van der Waals surface area contributed by atoms with Crippen LogP contribution in [0.5, 0.6) is 5.75 Å². The van der Waals surface area contributed by atoms with Gasteiger partial charge in [-0.25, -0.2) is 9.50 Å². The van der Waals surface area contributed by atoms with E-state index < -0.39 is 18.1 Å². The Morgan fingerprint density at radius 1 is 1.18 bits per heavy atom. The van der Waals surface area contributed by atoms with Crippen molar-refractivity contribution < 1.29 is 27.5 Å². The first-order chi connectivity index (χ1) is 16.0. The molecule has 0 saturated carbocycles. The molecule has 180 valence electrons. The SMILES string of the molecule is Cc1nc2nc(C(F)(F)F)nn2c(C)c1CCC(=O)N1C[C@@H](C(=O)N(C)C)Oc2ccccc21. The molecule has 1 aliphatic rings. The topological polar surface area (TPSA) is 92.9 Å². The highest BCUT2D eigenvalue weighted by atomic mass is 19.4. The number of para-hydroxylation sites is 2. The minimum absolute atomic E-state index is 0.0485. The summed E-state index contributed by atoms with van der Waals surface area (Å²) in [7, 11) is 3.23. The van der Waals surface area contributed by atoms with Crippen LogP contribution >= 0.6 is 0 Å². The number of halogens is 3. The van der Waals surface area contributed by atoms with E-state index in [0.29, 0.717) is 28.4 Å². The van der Waals surface area contributed by atoms with Gasteiger partial charge in [0.1, 0.15) is 5.75 Å². The van der Waals surface area contributed by atoms with Crippen LogP contribution in [0.15, 0.2) is 24.3 Å². The van der Waals surface area contributed by atoms with Crippen LogP contribution in [0, 0.1) is 13.8 Å². The molecule has 0 aliphatic carbocycles. The molecule has 0 radical (unpaired) electrons. The van der Waals surface area contributed by atoms with Crippen molar-refractivity contribution in [3.05, 3.63) is 47.0 Å². The number of aryl methyl sites for hydroxylation is 2. The maximum atomic E-state index is 13.2. The van der Waals surface area contributed by atoms with Crippen molar-refractivity contribution in [1.29, 1.82) is 0 Å². The Morgan fingerprint density at radius 3 is 2.56 bits per heavy atom. The van der Waals surface area contributed by atoms with Crippen molar-refractivity contribution in [3.63, 3.8) is 0 Å². The van der Waals surface area contributed by atoms with Gasteiger partial charge >= 0.3 is 6.18 Å².